The summed E-state index contributed by atoms with van der Waals surface area (Å²) in [6.07, 6.45) is 0. The molecule has 1 aromatic carbocycles. The zero-order valence-corrected chi connectivity index (χ0v) is 6.96. The maximum atomic E-state index is 5.87. The van der Waals surface area contributed by atoms with E-state index >= 15 is 0 Å². The van der Waals surface area contributed by atoms with Crippen molar-refractivity contribution in [2.24, 2.45) is 5.73 Å². The Hall–Kier alpha value is -0.755. The summed E-state index contributed by atoms with van der Waals surface area (Å²) >= 11 is 0. The summed E-state index contributed by atoms with van der Waals surface area (Å²) in [5.41, 5.74) is 7.48. The average molecular weight is 145 g/mol. The molecule has 0 aromatic heterocycles. The summed E-state index contributed by atoms with van der Waals surface area (Å²) in [7, 11) is 5.53. The Balaban J connectivity index is 2.99. The van der Waals surface area contributed by atoms with Crippen LogP contribution in [0.3, 0.4) is 0 Å². The lowest BCUT2D eigenvalue weighted by atomic mass is 9.90. The van der Waals surface area contributed by atoms with Crippen LogP contribution in [0.5, 0.6) is 0 Å². The first-order chi connectivity index (χ1) is 5.00. The van der Waals surface area contributed by atoms with E-state index in [9.17, 15) is 0 Å². The topological polar surface area (TPSA) is 26.0 Å². The Morgan fingerprint density at radius 1 is 1.18 bits per heavy atom. The summed E-state index contributed by atoms with van der Waals surface area (Å²) in [6.45, 7) is 3.94. The van der Waals surface area contributed by atoms with Crippen LogP contribution in [0.25, 0.3) is 0 Å². The van der Waals surface area contributed by atoms with E-state index in [1.807, 2.05) is 38.1 Å². The maximum Gasteiger partial charge on any atom is 0.113 e. The van der Waals surface area contributed by atoms with Gasteiger partial charge < -0.3 is 5.73 Å². The number of rotatable bonds is 1. The third-order valence-electron chi connectivity index (χ3n) is 1.65. The molecule has 0 amide bonds. The molecule has 1 rings (SSSR count). The molecular formula is C9H12BN. The first-order valence-electron chi connectivity index (χ1n) is 3.65. The quantitative estimate of drug-likeness (QED) is 0.577. The Labute approximate surface area is 69.0 Å². The van der Waals surface area contributed by atoms with Crippen LogP contribution in [0.4, 0.5) is 0 Å². The van der Waals surface area contributed by atoms with E-state index in [0.717, 1.165) is 11.0 Å². The lowest BCUT2D eigenvalue weighted by Crippen LogP contribution is -2.28. The summed E-state index contributed by atoms with van der Waals surface area (Å²) in [4.78, 5) is 0. The SMILES string of the molecule is [B]c1ccc(C(C)(C)N)cc1. The van der Waals surface area contributed by atoms with Gasteiger partial charge in [0.15, 0.2) is 0 Å². The second-order valence-electron chi connectivity index (χ2n) is 3.34. The van der Waals surface area contributed by atoms with E-state index in [2.05, 4.69) is 0 Å². The van der Waals surface area contributed by atoms with Crippen molar-refractivity contribution in [3.8, 4) is 0 Å². The van der Waals surface area contributed by atoms with Crippen molar-refractivity contribution in [2.75, 3.05) is 0 Å². The number of benzene rings is 1. The molecule has 0 aliphatic heterocycles. The fraction of sp³-hybridized carbons (Fsp3) is 0.333. The molecule has 56 valence electrons. The van der Waals surface area contributed by atoms with Crippen molar-refractivity contribution in [3.05, 3.63) is 29.8 Å². The second-order valence-corrected chi connectivity index (χ2v) is 3.34. The molecule has 1 aromatic rings. The van der Waals surface area contributed by atoms with E-state index in [4.69, 9.17) is 13.6 Å². The molecule has 0 bridgehead atoms. The van der Waals surface area contributed by atoms with Gasteiger partial charge in [0.2, 0.25) is 0 Å². The van der Waals surface area contributed by atoms with Crippen molar-refractivity contribution in [1.82, 2.24) is 0 Å². The Morgan fingerprint density at radius 2 is 1.64 bits per heavy atom. The van der Waals surface area contributed by atoms with E-state index in [1.165, 1.54) is 0 Å². The van der Waals surface area contributed by atoms with Gasteiger partial charge in [0.05, 0.1) is 0 Å². The largest absolute Gasteiger partial charge is 0.322 e. The zero-order chi connectivity index (χ0) is 8.48. The van der Waals surface area contributed by atoms with Gasteiger partial charge in [-0.05, 0) is 19.4 Å². The Morgan fingerprint density at radius 3 is 2.00 bits per heavy atom. The molecule has 0 heterocycles. The van der Waals surface area contributed by atoms with E-state index in [0.29, 0.717) is 0 Å². The van der Waals surface area contributed by atoms with Gasteiger partial charge >= 0.3 is 0 Å². The fourth-order valence-corrected chi connectivity index (χ4v) is 0.913. The first kappa shape index (κ1) is 8.34. The lowest BCUT2D eigenvalue weighted by molar-refractivity contribution is 0.554. The van der Waals surface area contributed by atoms with Crippen LogP contribution in [0, 0.1) is 0 Å². The Kier molecular flexibility index (Phi) is 2.05. The molecule has 2 N–H and O–H groups in total. The molecule has 2 radical (unpaired) electrons. The van der Waals surface area contributed by atoms with Crippen LogP contribution in [0.1, 0.15) is 19.4 Å². The van der Waals surface area contributed by atoms with Gasteiger partial charge in [-0.3, -0.25) is 0 Å². The minimum absolute atomic E-state index is 0.270. The Bertz CT molecular complexity index is 233. The molecule has 1 nitrogen and oxygen atoms in total. The molecule has 0 aliphatic rings. The standard InChI is InChI=1S/C9H12BN/c1-9(2,11)7-3-5-8(10)6-4-7/h3-6H,11H2,1-2H3. The molecule has 11 heavy (non-hydrogen) atoms. The van der Waals surface area contributed by atoms with Crippen LogP contribution in [-0.2, 0) is 5.54 Å². The van der Waals surface area contributed by atoms with Crippen LogP contribution in [-0.4, -0.2) is 7.85 Å². The number of hydrogen-bond acceptors (Lipinski definition) is 1. The van der Waals surface area contributed by atoms with Crippen molar-refractivity contribution < 1.29 is 0 Å². The normalized spacial score (nSPS) is 11.5. The van der Waals surface area contributed by atoms with Gasteiger partial charge in [0.1, 0.15) is 7.85 Å². The van der Waals surface area contributed by atoms with Crippen LogP contribution in [0.2, 0.25) is 0 Å². The van der Waals surface area contributed by atoms with Crippen molar-refractivity contribution >= 4 is 13.3 Å². The molecule has 0 fully saturated rings. The van der Waals surface area contributed by atoms with Gasteiger partial charge in [-0.15, -0.1) is 0 Å². The minimum Gasteiger partial charge on any atom is -0.322 e. The number of hydrogen-bond donors (Lipinski definition) is 1. The fourth-order valence-electron chi connectivity index (χ4n) is 0.913. The van der Waals surface area contributed by atoms with Gasteiger partial charge in [-0.2, -0.15) is 0 Å². The third kappa shape index (κ3) is 2.09. The summed E-state index contributed by atoms with van der Waals surface area (Å²) < 4.78 is 0. The minimum atomic E-state index is -0.270. The molecule has 0 aliphatic carbocycles. The highest BCUT2D eigenvalue weighted by atomic mass is 14.7. The van der Waals surface area contributed by atoms with Gasteiger partial charge in [0.25, 0.3) is 0 Å². The summed E-state index contributed by atoms with van der Waals surface area (Å²) in [6, 6.07) is 7.64. The second kappa shape index (κ2) is 2.70. The molecule has 0 spiro atoms. The molecule has 0 saturated heterocycles. The summed E-state index contributed by atoms with van der Waals surface area (Å²) in [5.74, 6) is 0. The highest BCUT2D eigenvalue weighted by molar-refractivity contribution is 6.32. The van der Waals surface area contributed by atoms with Gasteiger partial charge in [0, 0.05) is 5.54 Å². The van der Waals surface area contributed by atoms with E-state index < -0.39 is 0 Å². The molecule has 2 heteroatoms. The molecule has 0 unspecified atom stereocenters. The maximum absolute atomic E-state index is 5.87. The first-order valence-corrected chi connectivity index (χ1v) is 3.65. The highest BCUT2D eigenvalue weighted by Gasteiger charge is 2.12. The van der Waals surface area contributed by atoms with Crippen LogP contribution in [0.15, 0.2) is 24.3 Å². The van der Waals surface area contributed by atoms with Crippen molar-refractivity contribution in [2.45, 2.75) is 19.4 Å². The van der Waals surface area contributed by atoms with E-state index in [-0.39, 0.29) is 5.54 Å². The average Bonchev–Trinajstić information content (AvgIpc) is 1.86. The molecule has 0 saturated carbocycles. The van der Waals surface area contributed by atoms with Crippen LogP contribution >= 0.6 is 0 Å². The van der Waals surface area contributed by atoms with Crippen molar-refractivity contribution in [3.63, 3.8) is 0 Å². The molecular weight excluding hydrogens is 133 g/mol. The number of nitrogens with two attached hydrogens (primary N) is 1. The smallest absolute Gasteiger partial charge is 0.113 e. The summed E-state index contributed by atoms with van der Waals surface area (Å²) in [5, 5.41) is 0. The van der Waals surface area contributed by atoms with Gasteiger partial charge in [-0.25, -0.2) is 0 Å². The lowest BCUT2D eigenvalue weighted by Gasteiger charge is -2.18. The third-order valence-corrected chi connectivity index (χ3v) is 1.65. The highest BCUT2D eigenvalue weighted by Crippen LogP contribution is 2.14. The zero-order valence-electron chi connectivity index (χ0n) is 6.96. The van der Waals surface area contributed by atoms with Crippen LogP contribution < -0.4 is 11.2 Å². The van der Waals surface area contributed by atoms with Gasteiger partial charge in [-0.1, -0.05) is 29.7 Å². The molecule has 0 atom stereocenters. The monoisotopic (exact) mass is 145 g/mol. The predicted octanol–water partition coefficient (Wildman–Crippen LogP) is 0.674. The van der Waals surface area contributed by atoms with Crippen molar-refractivity contribution in [1.29, 1.82) is 0 Å². The predicted molar refractivity (Wildman–Crippen MR) is 49.0 cm³/mol. The van der Waals surface area contributed by atoms with E-state index in [1.54, 1.807) is 0 Å².